The number of rotatable bonds is 5. The molecule has 1 aromatic rings. The van der Waals surface area contributed by atoms with Crippen LogP contribution in [0, 0.1) is 11.7 Å². The number of carboxylic acids is 1. The zero-order chi connectivity index (χ0) is 13.7. The van der Waals surface area contributed by atoms with Gasteiger partial charge in [-0.2, -0.15) is 0 Å². The Morgan fingerprint density at radius 2 is 2.17 bits per heavy atom. The molecule has 2 N–H and O–H groups in total. The number of nitrogens with one attached hydrogen (secondary N) is 1. The van der Waals surface area contributed by atoms with Crippen molar-refractivity contribution in [1.82, 2.24) is 5.32 Å². The molecule has 0 aliphatic heterocycles. The molecule has 0 fully saturated rings. The van der Waals surface area contributed by atoms with Crippen LogP contribution in [-0.4, -0.2) is 23.5 Å². The third-order valence-corrected chi connectivity index (χ3v) is 3.11. The third-order valence-electron chi connectivity index (χ3n) is 2.47. The van der Waals surface area contributed by atoms with Gasteiger partial charge in [0.15, 0.2) is 0 Å². The summed E-state index contributed by atoms with van der Waals surface area (Å²) in [5, 5.41) is 11.2. The fraction of sp³-hybridized carbons (Fsp3) is 0.333. The first-order valence-corrected chi connectivity index (χ1v) is 6.17. The van der Waals surface area contributed by atoms with E-state index in [2.05, 4.69) is 21.2 Å². The number of amides is 1. The second-order valence-corrected chi connectivity index (χ2v) is 4.77. The first-order chi connectivity index (χ1) is 8.41. The van der Waals surface area contributed by atoms with Crippen molar-refractivity contribution in [3.63, 3.8) is 0 Å². The molecule has 0 radical (unpaired) electrons. The zero-order valence-electron chi connectivity index (χ0n) is 9.74. The number of carbonyl (C=O) groups excluding carboxylic acids is 1. The second kappa shape index (κ2) is 6.49. The smallest absolute Gasteiger partial charge is 0.306 e. The lowest BCUT2D eigenvalue weighted by Gasteiger charge is -2.08. The van der Waals surface area contributed by atoms with Crippen molar-refractivity contribution in [1.29, 1.82) is 0 Å². The Kier molecular flexibility index (Phi) is 5.27. The van der Waals surface area contributed by atoms with Crippen molar-refractivity contribution in [2.45, 2.75) is 13.3 Å². The molecule has 1 amide bonds. The highest BCUT2D eigenvalue weighted by Crippen LogP contribution is 2.16. The highest BCUT2D eigenvalue weighted by Gasteiger charge is 2.12. The molecular weight excluding hydrogens is 305 g/mol. The fourth-order valence-corrected chi connectivity index (χ4v) is 1.51. The molecule has 0 saturated carbocycles. The molecule has 0 aromatic heterocycles. The Balaban J connectivity index is 2.50. The summed E-state index contributed by atoms with van der Waals surface area (Å²) in [6, 6.07) is 4.06. The van der Waals surface area contributed by atoms with E-state index in [1.54, 1.807) is 6.92 Å². The molecule has 98 valence electrons. The quantitative estimate of drug-likeness (QED) is 0.876. The van der Waals surface area contributed by atoms with E-state index in [1.807, 2.05) is 0 Å². The molecular formula is C12H13BrFNO3. The molecule has 0 aliphatic carbocycles. The summed E-state index contributed by atoms with van der Waals surface area (Å²) in [4.78, 5) is 22.2. The Hall–Kier alpha value is -1.43. The highest BCUT2D eigenvalue weighted by molar-refractivity contribution is 9.10. The number of carboxylic acid groups (broad SMARTS) is 1. The van der Waals surface area contributed by atoms with Crippen LogP contribution in [0.25, 0.3) is 0 Å². The van der Waals surface area contributed by atoms with E-state index in [4.69, 9.17) is 5.11 Å². The van der Waals surface area contributed by atoms with Crippen LogP contribution in [0.1, 0.15) is 23.7 Å². The minimum Gasteiger partial charge on any atom is -0.481 e. The lowest BCUT2D eigenvalue weighted by atomic mass is 10.1. The van der Waals surface area contributed by atoms with Crippen LogP contribution in [0.5, 0.6) is 0 Å². The second-order valence-electron chi connectivity index (χ2n) is 3.91. The van der Waals surface area contributed by atoms with Gasteiger partial charge in [-0.25, -0.2) is 4.39 Å². The Morgan fingerprint density at radius 3 is 2.72 bits per heavy atom. The summed E-state index contributed by atoms with van der Waals surface area (Å²) < 4.78 is 13.5. The average Bonchev–Trinajstić information content (AvgIpc) is 2.32. The molecule has 6 heteroatoms. The topological polar surface area (TPSA) is 66.4 Å². The van der Waals surface area contributed by atoms with Gasteiger partial charge in [-0.15, -0.1) is 0 Å². The maximum absolute atomic E-state index is 13.2. The molecule has 0 heterocycles. The van der Waals surface area contributed by atoms with Crippen LogP contribution in [0.2, 0.25) is 0 Å². The monoisotopic (exact) mass is 317 g/mol. The van der Waals surface area contributed by atoms with E-state index in [0.29, 0.717) is 10.9 Å². The van der Waals surface area contributed by atoms with Crippen molar-refractivity contribution >= 4 is 27.8 Å². The number of halogens is 2. The summed E-state index contributed by atoms with van der Waals surface area (Å²) in [6.07, 6.45) is 0.333. The number of hydrogen-bond donors (Lipinski definition) is 2. The van der Waals surface area contributed by atoms with Crippen LogP contribution < -0.4 is 5.32 Å². The third kappa shape index (κ3) is 4.10. The standard InChI is InChI=1S/C12H13BrFNO3/c1-7(12(17)18)4-5-15-11(16)8-2-3-9(13)10(14)6-8/h2-3,6-7H,4-5H2,1H3,(H,15,16)(H,17,18). The lowest BCUT2D eigenvalue weighted by Crippen LogP contribution is -2.27. The first kappa shape index (κ1) is 14.6. The molecule has 1 atom stereocenters. The lowest BCUT2D eigenvalue weighted by molar-refractivity contribution is -0.141. The van der Waals surface area contributed by atoms with Gasteiger partial charge in [0.2, 0.25) is 0 Å². The van der Waals surface area contributed by atoms with Crippen LogP contribution >= 0.6 is 15.9 Å². The molecule has 0 spiro atoms. The van der Waals surface area contributed by atoms with Crippen molar-refractivity contribution in [2.75, 3.05) is 6.54 Å². The minimum atomic E-state index is -0.904. The summed E-state index contributed by atoms with van der Waals surface area (Å²) in [6.45, 7) is 1.80. The molecule has 0 saturated heterocycles. The molecule has 4 nitrogen and oxygen atoms in total. The molecule has 1 aromatic carbocycles. The number of carbonyl (C=O) groups is 2. The van der Waals surface area contributed by atoms with Crippen molar-refractivity contribution in [3.05, 3.63) is 34.1 Å². The molecule has 1 rings (SSSR count). The Bertz CT molecular complexity index is 465. The normalized spacial score (nSPS) is 11.9. The molecule has 0 aliphatic rings. The van der Waals surface area contributed by atoms with Gasteiger partial charge in [-0.05, 0) is 40.5 Å². The molecule has 1 unspecified atom stereocenters. The van der Waals surface area contributed by atoms with E-state index >= 15 is 0 Å². The van der Waals surface area contributed by atoms with Gasteiger partial charge in [0.25, 0.3) is 5.91 Å². The van der Waals surface area contributed by atoms with E-state index < -0.39 is 23.6 Å². The van der Waals surface area contributed by atoms with Gasteiger partial charge < -0.3 is 10.4 Å². The average molecular weight is 318 g/mol. The zero-order valence-corrected chi connectivity index (χ0v) is 11.3. The number of aliphatic carboxylic acids is 1. The van der Waals surface area contributed by atoms with Crippen molar-refractivity contribution in [3.8, 4) is 0 Å². The number of hydrogen-bond acceptors (Lipinski definition) is 2. The molecule has 0 bridgehead atoms. The van der Waals surface area contributed by atoms with Gasteiger partial charge in [-0.1, -0.05) is 6.92 Å². The minimum absolute atomic E-state index is 0.207. The molecule has 18 heavy (non-hydrogen) atoms. The first-order valence-electron chi connectivity index (χ1n) is 5.38. The van der Waals surface area contributed by atoms with Crippen LogP contribution in [0.15, 0.2) is 22.7 Å². The van der Waals surface area contributed by atoms with Crippen LogP contribution in [-0.2, 0) is 4.79 Å². The number of benzene rings is 1. The van der Waals surface area contributed by atoms with E-state index in [9.17, 15) is 14.0 Å². The summed E-state index contributed by atoms with van der Waals surface area (Å²) in [7, 11) is 0. The van der Waals surface area contributed by atoms with Crippen LogP contribution in [0.3, 0.4) is 0 Å². The van der Waals surface area contributed by atoms with Gasteiger partial charge >= 0.3 is 5.97 Å². The highest BCUT2D eigenvalue weighted by atomic mass is 79.9. The van der Waals surface area contributed by atoms with Crippen molar-refractivity contribution < 1.29 is 19.1 Å². The summed E-state index contributed by atoms with van der Waals surface area (Å²) in [5.41, 5.74) is 0.207. The Morgan fingerprint density at radius 1 is 1.50 bits per heavy atom. The van der Waals surface area contributed by atoms with Crippen molar-refractivity contribution in [2.24, 2.45) is 5.92 Å². The maximum Gasteiger partial charge on any atom is 0.306 e. The van der Waals surface area contributed by atoms with Crippen LogP contribution in [0.4, 0.5) is 4.39 Å². The van der Waals surface area contributed by atoms with E-state index in [0.717, 1.165) is 6.07 Å². The van der Waals surface area contributed by atoms with Gasteiger partial charge in [0.1, 0.15) is 5.82 Å². The van der Waals surface area contributed by atoms with Gasteiger partial charge in [0.05, 0.1) is 10.4 Å². The van der Waals surface area contributed by atoms with Gasteiger partial charge in [-0.3, -0.25) is 9.59 Å². The SMILES string of the molecule is CC(CCNC(=O)c1ccc(Br)c(F)c1)C(=O)O. The predicted molar refractivity (Wildman–Crippen MR) is 67.9 cm³/mol. The van der Waals surface area contributed by atoms with Gasteiger partial charge in [0, 0.05) is 12.1 Å². The van der Waals surface area contributed by atoms with E-state index in [-0.39, 0.29) is 12.1 Å². The van der Waals surface area contributed by atoms with E-state index in [1.165, 1.54) is 12.1 Å². The predicted octanol–water partition coefficient (Wildman–Crippen LogP) is 2.43. The summed E-state index contributed by atoms with van der Waals surface area (Å²) in [5.74, 6) is -2.36. The summed E-state index contributed by atoms with van der Waals surface area (Å²) >= 11 is 2.99. The Labute approximate surface area is 112 Å². The largest absolute Gasteiger partial charge is 0.481 e. The maximum atomic E-state index is 13.2. The fourth-order valence-electron chi connectivity index (χ4n) is 1.27.